The lowest BCUT2D eigenvalue weighted by molar-refractivity contribution is 0.325. The fraction of sp³-hybridized carbons (Fsp3) is 0.438. The van der Waals surface area contributed by atoms with Gasteiger partial charge in [-0.15, -0.1) is 0 Å². The van der Waals surface area contributed by atoms with Crippen molar-refractivity contribution >= 4 is 10.9 Å². The molecule has 1 aliphatic rings. The van der Waals surface area contributed by atoms with Crippen molar-refractivity contribution < 1.29 is 0 Å². The molecule has 0 spiro atoms. The van der Waals surface area contributed by atoms with Gasteiger partial charge < -0.3 is 10.2 Å². The molecule has 0 bridgehead atoms. The van der Waals surface area contributed by atoms with Crippen molar-refractivity contribution in [1.29, 1.82) is 0 Å². The normalized spacial score (nSPS) is 15.3. The van der Waals surface area contributed by atoms with Crippen molar-refractivity contribution in [2.75, 3.05) is 20.1 Å². The van der Waals surface area contributed by atoms with Crippen LogP contribution in [0.2, 0.25) is 0 Å². The minimum atomic E-state index is 0.801. The van der Waals surface area contributed by atoms with Gasteiger partial charge in [0.2, 0.25) is 0 Å². The first-order valence-corrected chi connectivity index (χ1v) is 7.07. The standard InChI is InChI=1S/C16H21N3/c1-19(11-10-17-14-6-7-14)12-13-8-9-18-16-5-3-2-4-15(13)16/h2-5,8-9,14,17H,6-7,10-12H2,1H3. The Hall–Kier alpha value is -1.45. The molecule has 1 aromatic carbocycles. The Bertz CT molecular complexity index is 543. The first kappa shape index (κ1) is 12.6. The van der Waals surface area contributed by atoms with Gasteiger partial charge in [-0.05, 0) is 37.6 Å². The number of para-hydroxylation sites is 1. The van der Waals surface area contributed by atoms with E-state index in [-0.39, 0.29) is 0 Å². The Morgan fingerprint density at radius 3 is 2.95 bits per heavy atom. The van der Waals surface area contributed by atoms with Crippen molar-refractivity contribution in [3.63, 3.8) is 0 Å². The Kier molecular flexibility index (Phi) is 3.76. The van der Waals surface area contributed by atoms with E-state index in [9.17, 15) is 0 Å². The Morgan fingerprint density at radius 2 is 2.11 bits per heavy atom. The van der Waals surface area contributed by atoms with Gasteiger partial charge in [0.25, 0.3) is 0 Å². The summed E-state index contributed by atoms with van der Waals surface area (Å²) in [6, 6.07) is 11.3. The van der Waals surface area contributed by atoms with Crippen LogP contribution in [0.5, 0.6) is 0 Å². The van der Waals surface area contributed by atoms with E-state index >= 15 is 0 Å². The molecule has 0 amide bonds. The fourth-order valence-corrected chi connectivity index (χ4v) is 2.41. The molecule has 1 N–H and O–H groups in total. The second-order valence-electron chi connectivity index (χ2n) is 5.45. The number of hydrogen-bond donors (Lipinski definition) is 1. The van der Waals surface area contributed by atoms with Crippen LogP contribution in [0, 0.1) is 0 Å². The van der Waals surface area contributed by atoms with Gasteiger partial charge in [-0.25, -0.2) is 0 Å². The second kappa shape index (κ2) is 5.68. The maximum atomic E-state index is 4.41. The molecule has 1 fully saturated rings. The lowest BCUT2D eigenvalue weighted by atomic mass is 10.1. The lowest BCUT2D eigenvalue weighted by Crippen LogP contribution is -2.30. The first-order valence-electron chi connectivity index (χ1n) is 7.07. The molecule has 1 heterocycles. The van der Waals surface area contributed by atoms with Crippen LogP contribution in [0.1, 0.15) is 18.4 Å². The molecule has 1 aromatic heterocycles. The van der Waals surface area contributed by atoms with Gasteiger partial charge in [-0.2, -0.15) is 0 Å². The van der Waals surface area contributed by atoms with E-state index in [1.807, 2.05) is 12.3 Å². The number of nitrogens with zero attached hydrogens (tertiary/aromatic N) is 2. The van der Waals surface area contributed by atoms with Gasteiger partial charge in [0.15, 0.2) is 0 Å². The highest BCUT2D eigenvalue weighted by Crippen LogP contribution is 2.19. The van der Waals surface area contributed by atoms with Crippen molar-refractivity contribution in [2.45, 2.75) is 25.4 Å². The number of aromatic nitrogens is 1. The summed E-state index contributed by atoms with van der Waals surface area (Å²) in [6.07, 6.45) is 4.63. The highest BCUT2D eigenvalue weighted by atomic mass is 15.1. The summed E-state index contributed by atoms with van der Waals surface area (Å²) in [4.78, 5) is 6.78. The first-order chi connectivity index (χ1) is 9.33. The van der Waals surface area contributed by atoms with Gasteiger partial charge in [0.1, 0.15) is 0 Å². The molecule has 1 aliphatic carbocycles. The van der Waals surface area contributed by atoms with E-state index in [1.165, 1.54) is 23.8 Å². The maximum absolute atomic E-state index is 4.41. The van der Waals surface area contributed by atoms with Crippen LogP contribution in [0.3, 0.4) is 0 Å². The Balaban J connectivity index is 1.63. The molecule has 2 aromatic rings. The number of rotatable bonds is 6. The maximum Gasteiger partial charge on any atom is 0.0705 e. The van der Waals surface area contributed by atoms with E-state index in [0.29, 0.717) is 0 Å². The molecular formula is C16H21N3. The number of benzene rings is 1. The molecule has 0 saturated heterocycles. The zero-order valence-electron chi connectivity index (χ0n) is 11.5. The smallest absolute Gasteiger partial charge is 0.0705 e. The molecule has 19 heavy (non-hydrogen) atoms. The summed E-state index contributed by atoms with van der Waals surface area (Å²) >= 11 is 0. The van der Waals surface area contributed by atoms with Crippen LogP contribution < -0.4 is 5.32 Å². The zero-order chi connectivity index (χ0) is 13.1. The summed E-state index contributed by atoms with van der Waals surface area (Å²) in [7, 11) is 2.18. The van der Waals surface area contributed by atoms with E-state index < -0.39 is 0 Å². The van der Waals surface area contributed by atoms with Crippen molar-refractivity contribution in [2.24, 2.45) is 0 Å². The summed E-state index contributed by atoms with van der Waals surface area (Å²) < 4.78 is 0. The third-order valence-corrected chi connectivity index (χ3v) is 3.68. The van der Waals surface area contributed by atoms with E-state index in [0.717, 1.165) is 31.2 Å². The number of likely N-dealkylation sites (N-methyl/N-ethyl adjacent to an activating group) is 1. The molecule has 100 valence electrons. The van der Waals surface area contributed by atoms with Crippen LogP contribution >= 0.6 is 0 Å². The van der Waals surface area contributed by atoms with Crippen LogP contribution in [-0.4, -0.2) is 36.1 Å². The molecule has 3 nitrogen and oxygen atoms in total. The number of nitrogens with one attached hydrogen (secondary N) is 1. The van der Waals surface area contributed by atoms with Gasteiger partial charge in [-0.3, -0.25) is 4.98 Å². The quantitative estimate of drug-likeness (QED) is 0.859. The second-order valence-corrected chi connectivity index (χ2v) is 5.45. The van der Waals surface area contributed by atoms with Crippen LogP contribution in [0.15, 0.2) is 36.5 Å². The Morgan fingerprint density at radius 1 is 1.26 bits per heavy atom. The molecule has 0 atom stereocenters. The average Bonchev–Trinajstić information content (AvgIpc) is 3.23. The summed E-state index contributed by atoms with van der Waals surface area (Å²) in [5, 5.41) is 4.83. The zero-order valence-corrected chi connectivity index (χ0v) is 11.5. The Labute approximate surface area is 114 Å². The SMILES string of the molecule is CN(CCNC1CC1)Cc1ccnc2ccccc12. The van der Waals surface area contributed by atoms with Gasteiger partial charge in [-0.1, -0.05) is 18.2 Å². The molecule has 3 rings (SSSR count). The summed E-state index contributed by atoms with van der Waals surface area (Å²) in [5.41, 5.74) is 2.45. The minimum Gasteiger partial charge on any atom is -0.313 e. The van der Waals surface area contributed by atoms with Crippen LogP contribution in [0.25, 0.3) is 10.9 Å². The van der Waals surface area contributed by atoms with Crippen molar-refractivity contribution in [1.82, 2.24) is 15.2 Å². The molecule has 0 aliphatic heterocycles. The van der Waals surface area contributed by atoms with Crippen molar-refractivity contribution in [3.8, 4) is 0 Å². The largest absolute Gasteiger partial charge is 0.313 e. The summed E-state index contributed by atoms with van der Waals surface area (Å²) in [5.74, 6) is 0. The van der Waals surface area contributed by atoms with Crippen molar-refractivity contribution in [3.05, 3.63) is 42.1 Å². The lowest BCUT2D eigenvalue weighted by Gasteiger charge is -2.18. The van der Waals surface area contributed by atoms with Crippen LogP contribution in [-0.2, 0) is 6.54 Å². The topological polar surface area (TPSA) is 28.2 Å². The molecule has 0 radical (unpaired) electrons. The molecular weight excluding hydrogens is 234 g/mol. The third kappa shape index (κ3) is 3.31. The van der Waals surface area contributed by atoms with Crippen LogP contribution in [0.4, 0.5) is 0 Å². The highest BCUT2D eigenvalue weighted by Gasteiger charge is 2.19. The highest BCUT2D eigenvalue weighted by molar-refractivity contribution is 5.81. The number of hydrogen-bond acceptors (Lipinski definition) is 3. The summed E-state index contributed by atoms with van der Waals surface area (Å²) in [6.45, 7) is 3.16. The van der Waals surface area contributed by atoms with E-state index in [1.54, 1.807) is 0 Å². The van der Waals surface area contributed by atoms with Gasteiger partial charge in [0, 0.05) is 37.3 Å². The average molecular weight is 255 g/mol. The molecule has 3 heteroatoms. The van der Waals surface area contributed by atoms with Gasteiger partial charge in [0.05, 0.1) is 5.52 Å². The monoisotopic (exact) mass is 255 g/mol. The predicted molar refractivity (Wildman–Crippen MR) is 79.1 cm³/mol. The molecule has 1 saturated carbocycles. The van der Waals surface area contributed by atoms with E-state index in [4.69, 9.17) is 0 Å². The minimum absolute atomic E-state index is 0.801. The number of fused-ring (bicyclic) bond motifs is 1. The third-order valence-electron chi connectivity index (χ3n) is 3.68. The molecule has 0 unspecified atom stereocenters. The number of pyridine rings is 1. The fourth-order valence-electron chi connectivity index (χ4n) is 2.41. The van der Waals surface area contributed by atoms with Gasteiger partial charge >= 0.3 is 0 Å². The van der Waals surface area contributed by atoms with E-state index in [2.05, 4.69) is 46.5 Å². The predicted octanol–water partition coefficient (Wildman–Crippen LogP) is 2.42.